The number of ether oxygens (including phenoxy) is 2. The van der Waals surface area contributed by atoms with Gasteiger partial charge in [-0.25, -0.2) is 0 Å². The molecule has 1 aromatic heterocycles. The summed E-state index contributed by atoms with van der Waals surface area (Å²) < 4.78 is 10.8. The average Bonchev–Trinajstić information content (AvgIpc) is 3.04. The molecule has 25 heavy (non-hydrogen) atoms. The van der Waals surface area contributed by atoms with Crippen molar-refractivity contribution in [1.82, 2.24) is 4.98 Å². The lowest BCUT2D eigenvalue weighted by Crippen LogP contribution is -2.31. The highest BCUT2D eigenvalue weighted by Gasteiger charge is 2.38. The number of aryl methyl sites for hydroxylation is 1. The quantitative estimate of drug-likeness (QED) is 0.784. The Morgan fingerprint density at radius 1 is 1.08 bits per heavy atom. The fourth-order valence-corrected chi connectivity index (χ4v) is 3.94. The van der Waals surface area contributed by atoms with Gasteiger partial charge in [-0.05, 0) is 48.6 Å². The number of aromatic amines is 1. The van der Waals surface area contributed by atoms with Crippen molar-refractivity contribution in [1.29, 1.82) is 5.26 Å². The number of H-pyrrole nitrogens is 1. The first kappa shape index (κ1) is 15.6. The molecule has 0 fully saturated rings. The van der Waals surface area contributed by atoms with Gasteiger partial charge < -0.3 is 14.5 Å². The summed E-state index contributed by atoms with van der Waals surface area (Å²) in [7, 11) is 3.25. The van der Waals surface area contributed by atoms with Crippen LogP contribution in [0.4, 0.5) is 0 Å². The van der Waals surface area contributed by atoms with Gasteiger partial charge in [0.25, 0.3) is 0 Å². The third-order valence-corrected chi connectivity index (χ3v) is 5.33. The minimum Gasteiger partial charge on any atom is -0.493 e. The fraction of sp³-hybridized carbons (Fsp3) is 0.286. The largest absolute Gasteiger partial charge is 0.493 e. The number of methoxy groups -OCH3 is 2. The van der Waals surface area contributed by atoms with Crippen LogP contribution in [-0.2, 0) is 18.3 Å². The molecular formula is C21H20N2O2. The van der Waals surface area contributed by atoms with E-state index in [4.69, 9.17) is 9.47 Å². The van der Waals surface area contributed by atoms with Crippen LogP contribution in [0.1, 0.15) is 23.2 Å². The van der Waals surface area contributed by atoms with Crippen molar-refractivity contribution >= 4 is 10.9 Å². The number of benzene rings is 2. The highest BCUT2D eigenvalue weighted by molar-refractivity contribution is 5.85. The highest BCUT2D eigenvalue weighted by atomic mass is 16.5. The van der Waals surface area contributed by atoms with Crippen molar-refractivity contribution < 1.29 is 9.47 Å². The summed E-state index contributed by atoms with van der Waals surface area (Å²) in [6, 6.07) is 16.7. The number of nitrogens with one attached hydrogen (secondary N) is 1. The predicted molar refractivity (Wildman–Crippen MR) is 97.2 cm³/mol. The molecule has 4 nitrogen and oxygen atoms in total. The predicted octanol–water partition coefficient (Wildman–Crippen LogP) is 4.14. The van der Waals surface area contributed by atoms with Crippen LogP contribution in [0, 0.1) is 11.3 Å². The Hall–Kier alpha value is -2.93. The minimum absolute atomic E-state index is 0.544. The van der Waals surface area contributed by atoms with Gasteiger partial charge in [0.05, 0.1) is 25.7 Å². The molecule has 1 atom stereocenters. The first-order chi connectivity index (χ1) is 12.2. The van der Waals surface area contributed by atoms with E-state index in [1.54, 1.807) is 14.2 Å². The summed E-state index contributed by atoms with van der Waals surface area (Å²) in [4.78, 5) is 3.52. The molecule has 1 N–H and O–H groups in total. The van der Waals surface area contributed by atoms with Gasteiger partial charge in [-0.15, -0.1) is 0 Å². The summed E-state index contributed by atoms with van der Waals surface area (Å²) in [5.41, 5.74) is 4.11. The first-order valence-corrected chi connectivity index (χ1v) is 8.43. The normalized spacial score (nSPS) is 19.2. The van der Waals surface area contributed by atoms with E-state index in [1.165, 1.54) is 16.6 Å². The summed E-state index contributed by atoms with van der Waals surface area (Å²) >= 11 is 0. The van der Waals surface area contributed by atoms with Gasteiger partial charge in [0.1, 0.15) is 0 Å². The van der Waals surface area contributed by atoms with Crippen LogP contribution < -0.4 is 9.47 Å². The Balaban J connectivity index is 1.82. The maximum absolute atomic E-state index is 10.1. The Kier molecular flexibility index (Phi) is 3.65. The molecule has 0 spiro atoms. The summed E-state index contributed by atoms with van der Waals surface area (Å²) in [5, 5.41) is 11.3. The molecule has 126 valence electrons. The molecule has 4 heteroatoms. The zero-order valence-electron chi connectivity index (χ0n) is 14.4. The Morgan fingerprint density at radius 2 is 1.88 bits per heavy atom. The van der Waals surface area contributed by atoms with E-state index in [2.05, 4.69) is 29.3 Å². The van der Waals surface area contributed by atoms with Crippen LogP contribution in [0.2, 0.25) is 0 Å². The van der Waals surface area contributed by atoms with Crippen LogP contribution in [0.25, 0.3) is 10.9 Å². The molecule has 0 unspecified atom stereocenters. The molecule has 4 rings (SSSR count). The maximum Gasteiger partial charge on any atom is 0.161 e. The van der Waals surface area contributed by atoms with Gasteiger partial charge >= 0.3 is 0 Å². The molecule has 0 aliphatic heterocycles. The molecule has 0 saturated heterocycles. The van der Waals surface area contributed by atoms with E-state index in [1.807, 2.05) is 24.3 Å². The number of para-hydroxylation sites is 1. The summed E-state index contributed by atoms with van der Waals surface area (Å²) in [6.07, 6.45) is 2.36. The van der Waals surface area contributed by atoms with E-state index in [9.17, 15) is 5.26 Å². The van der Waals surface area contributed by atoms with Crippen LogP contribution in [0.15, 0.2) is 42.5 Å². The third-order valence-electron chi connectivity index (χ3n) is 5.33. The van der Waals surface area contributed by atoms with E-state index >= 15 is 0 Å². The molecule has 1 heterocycles. The molecule has 0 saturated carbocycles. The number of rotatable bonds is 3. The van der Waals surface area contributed by atoms with Crippen LogP contribution in [-0.4, -0.2) is 19.2 Å². The summed E-state index contributed by atoms with van der Waals surface area (Å²) in [5.74, 6) is 1.35. The lowest BCUT2D eigenvalue weighted by molar-refractivity contribution is 0.353. The average molecular weight is 332 g/mol. The van der Waals surface area contributed by atoms with E-state index < -0.39 is 5.41 Å². The standard InChI is InChI=1S/C21H20N2O2/c1-24-19-8-7-14(11-20(19)25-2)21(13-22)10-9-18-16(12-21)15-5-3-4-6-17(15)23-18/h3-8,11,23H,9-10,12H2,1-2H3/t21-/m0/s1. The number of nitrogens with zero attached hydrogens (tertiary/aromatic N) is 1. The molecule has 3 aromatic rings. The minimum atomic E-state index is -0.544. The topological polar surface area (TPSA) is 58.0 Å². The van der Waals surface area contributed by atoms with Crippen LogP contribution in [0.3, 0.4) is 0 Å². The Labute approximate surface area is 147 Å². The molecule has 1 aliphatic carbocycles. The SMILES string of the molecule is COc1ccc([C@@]2(C#N)CCc3[nH]c4ccccc4c3C2)cc1OC. The van der Waals surface area contributed by atoms with Gasteiger partial charge in [0.15, 0.2) is 11.5 Å². The second-order valence-corrected chi connectivity index (χ2v) is 6.57. The smallest absolute Gasteiger partial charge is 0.161 e. The van der Waals surface area contributed by atoms with Crippen LogP contribution >= 0.6 is 0 Å². The van der Waals surface area contributed by atoms with Crippen molar-refractivity contribution in [2.75, 3.05) is 14.2 Å². The third kappa shape index (κ3) is 2.35. The number of aromatic nitrogens is 1. The number of nitriles is 1. The maximum atomic E-state index is 10.1. The van der Waals surface area contributed by atoms with Crippen molar-refractivity contribution in [3.8, 4) is 17.6 Å². The Bertz CT molecular complexity index is 983. The lowest BCUT2D eigenvalue weighted by Gasteiger charge is -2.32. The summed E-state index contributed by atoms with van der Waals surface area (Å²) in [6.45, 7) is 0. The van der Waals surface area contributed by atoms with Gasteiger partial charge in [0, 0.05) is 16.6 Å². The lowest BCUT2D eigenvalue weighted by atomic mass is 9.69. The second kappa shape index (κ2) is 5.86. The van der Waals surface area contributed by atoms with Gasteiger partial charge in [-0.1, -0.05) is 24.3 Å². The van der Waals surface area contributed by atoms with E-state index in [0.717, 1.165) is 23.9 Å². The zero-order valence-corrected chi connectivity index (χ0v) is 14.4. The zero-order chi connectivity index (χ0) is 17.4. The fourth-order valence-electron chi connectivity index (χ4n) is 3.94. The second-order valence-electron chi connectivity index (χ2n) is 6.57. The molecule has 1 aliphatic rings. The molecular weight excluding hydrogens is 312 g/mol. The van der Waals surface area contributed by atoms with Gasteiger partial charge in [-0.2, -0.15) is 5.26 Å². The molecule has 0 bridgehead atoms. The van der Waals surface area contributed by atoms with Crippen molar-refractivity contribution in [2.45, 2.75) is 24.7 Å². The van der Waals surface area contributed by atoms with E-state index in [0.29, 0.717) is 17.9 Å². The monoisotopic (exact) mass is 332 g/mol. The van der Waals surface area contributed by atoms with Crippen molar-refractivity contribution in [2.24, 2.45) is 0 Å². The number of hydrogen-bond donors (Lipinski definition) is 1. The molecule has 0 radical (unpaired) electrons. The van der Waals surface area contributed by atoms with Gasteiger partial charge in [0.2, 0.25) is 0 Å². The first-order valence-electron chi connectivity index (χ1n) is 8.43. The number of fused-ring (bicyclic) bond motifs is 3. The number of hydrogen-bond acceptors (Lipinski definition) is 3. The molecule has 0 amide bonds. The van der Waals surface area contributed by atoms with Gasteiger partial charge in [-0.3, -0.25) is 0 Å². The van der Waals surface area contributed by atoms with Crippen molar-refractivity contribution in [3.63, 3.8) is 0 Å². The van der Waals surface area contributed by atoms with Crippen LogP contribution in [0.5, 0.6) is 11.5 Å². The highest BCUT2D eigenvalue weighted by Crippen LogP contribution is 2.43. The Morgan fingerprint density at radius 3 is 2.64 bits per heavy atom. The van der Waals surface area contributed by atoms with Crippen molar-refractivity contribution in [3.05, 3.63) is 59.3 Å². The van der Waals surface area contributed by atoms with E-state index in [-0.39, 0.29) is 0 Å². The molecule has 2 aromatic carbocycles.